The van der Waals surface area contributed by atoms with Crippen LogP contribution in [-0.4, -0.2) is 30.5 Å². The largest absolute Gasteiger partial charge is 0.417 e. The molecule has 0 bridgehead atoms. The Morgan fingerprint density at radius 1 is 1.47 bits per heavy atom. The van der Waals surface area contributed by atoms with Gasteiger partial charge in [0, 0.05) is 23.3 Å². The summed E-state index contributed by atoms with van der Waals surface area (Å²) in [5.41, 5.74) is 3.97. The molecule has 1 aromatic carbocycles. The zero-order chi connectivity index (χ0) is 14.5. The number of alkyl halides is 3. The maximum Gasteiger partial charge on any atom is 0.417 e. The normalized spacial score (nSPS) is 12.7. The number of ether oxygens (including phenoxy) is 1. The number of thioether (sulfide) groups is 1. The van der Waals surface area contributed by atoms with E-state index >= 15 is 0 Å². The van der Waals surface area contributed by atoms with E-state index in [1.807, 2.05) is 0 Å². The minimum atomic E-state index is -4.57. The Bertz CT molecular complexity index is 464. The predicted octanol–water partition coefficient (Wildman–Crippen LogP) is 2.54. The van der Waals surface area contributed by atoms with Crippen molar-refractivity contribution in [1.29, 1.82) is 0 Å². The van der Waals surface area contributed by atoms with E-state index in [0.717, 1.165) is 6.07 Å². The minimum Gasteiger partial charge on any atom is -0.409 e. The number of nitrogens with zero attached hydrogens (tertiary/aromatic N) is 1. The lowest BCUT2D eigenvalue weighted by molar-refractivity contribution is -0.137. The summed E-state index contributed by atoms with van der Waals surface area (Å²) in [5.74, 6) is -0.0303. The SMILES string of the molecule is COCCSc1ccc(/C(N)=N/O)c(C(F)(F)F)c1. The quantitative estimate of drug-likeness (QED) is 0.219. The lowest BCUT2D eigenvalue weighted by atomic mass is 10.1. The smallest absolute Gasteiger partial charge is 0.409 e. The monoisotopic (exact) mass is 294 g/mol. The van der Waals surface area contributed by atoms with Crippen molar-refractivity contribution >= 4 is 17.6 Å². The maximum atomic E-state index is 12.9. The van der Waals surface area contributed by atoms with Crippen molar-refractivity contribution in [3.63, 3.8) is 0 Å². The van der Waals surface area contributed by atoms with Crippen LogP contribution in [0.1, 0.15) is 11.1 Å². The number of oxime groups is 1. The van der Waals surface area contributed by atoms with E-state index in [1.54, 1.807) is 0 Å². The second-order valence-corrected chi connectivity index (χ2v) is 4.70. The third kappa shape index (κ3) is 4.32. The number of nitrogens with two attached hydrogens (primary N) is 1. The van der Waals surface area contributed by atoms with E-state index in [-0.39, 0.29) is 5.56 Å². The third-order valence-corrected chi connectivity index (χ3v) is 3.19. The summed E-state index contributed by atoms with van der Waals surface area (Å²) < 4.78 is 43.5. The number of rotatable bonds is 5. The summed E-state index contributed by atoms with van der Waals surface area (Å²) in [6, 6.07) is 3.66. The molecule has 0 amide bonds. The molecule has 8 heteroatoms. The van der Waals surface area contributed by atoms with E-state index in [0.29, 0.717) is 17.3 Å². The molecular formula is C11H13F3N2O2S. The molecule has 0 saturated heterocycles. The van der Waals surface area contributed by atoms with Crippen LogP contribution in [0.4, 0.5) is 13.2 Å². The molecule has 0 spiro atoms. The minimum absolute atomic E-state index is 0.342. The van der Waals surface area contributed by atoms with Crippen LogP contribution in [0.5, 0.6) is 0 Å². The summed E-state index contributed by atoms with van der Waals surface area (Å²) in [7, 11) is 1.52. The first-order valence-corrected chi connectivity index (χ1v) is 6.19. The topological polar surface area (TPSA) is 67.8 Å². The van der Waals surface area contributed by atoms with Crippen molar-refractivity contribution in [2.75, 3.05) is 19.5 Å². The Labute approximate surface area is 112 Å². The first kappa shape index (κ1) is 15.6. The van der Waals surface area contributed by atoms with Crippen molar-refractivity contribution in [1.82, 2.24) is 0 Å². The van der Waals surface area contributed by atoms with E-state index in [2.05, 4.69) is 5.16 Å². The highest BCUT2D eigenvalue weighted by atomic mass is 32.2. The number of benzene rings is 1. The molecule has 1 rings (SSSR count). The van der Waals surface area contributed by atoms with Crippen LogP contribution in [0.15, 0.2) is 28.3 Å². The lowest BCUT2D eigenvalue weighted by Crippen LogP contribution is -2.20. The van der Waals surface area contributed by atoms with Gasteiger partial charge in [-0.05, 0) is 18.2 Å². The molecule has 19 heavy (non-hydrogen) atoms. The van der Waals surface area contributed by atoms with Crippen molar-refractivity contribution in [2.24, 2.45) is 10.9 Å². The van der Waals surface area contributed by atoms with Crippen LogP contribution < -0.4 is 5.73 Å². The average Bonchev–Trinajstić information content (AvgIpc) is 2.37. The number of halogens is 3. The number of hydrogen-bond donors (Lipinski definition) is 2. The van der Waals surface area contributed by atoms with Crippen LogP contribution in [0.3, 0.4) is 0 Å². The Morgan fingerprint density at radius 2 is 2.16 bits per heavy atom. The molecule has 0 radical (unpaired) electrons. The molecule has 0 unspecified atom stereocenters. The number of hydrogen-bond acceptors (Lipinski definition) is 4. The van der Waals surface area contributed by atoms with Gasteiger partial charge in [0.15, 0.2) is 5.84 Å². The second-order valence-electron chi connectivity index (χ2n) is 3.53. The highest BCUT2D eigenvalue weighted by molar-refractivity contribution is 7.99. The molecule has 0 aromatic heterocycles. The van der Waals surface area contributed by atoms with Crippen LogP contribution in [0, 0.1) is 0 Å². The fourth-order valence-electron chi connectivity index (χ4n) is 1.37. The molecule has 0 atom stereocenters. The first-order valence-electron chi connectivity index (χ1n) is 5.21. The zero-order valence-electron chi connectivity index (χ0n) is 10.1. The van der Waals surface area contributed by atoms with Crippen LogP contribution >= 0.6 is 11.8 Å². The molecular weight excluding hydrogens is 281 g/mol. The van der Waals surface area contributed by atoms with Gasteiger partial charge in [0.05, 0.1) is 12.2 Å². The Kier molecular flexibility index (Phi) is 5.49. The Hall–Kier alpha value is -1.41. The summed E-state index contributed by atoms with van der Waals surface area (Å²) in [6.07, 6.45) is -4.57. The maximum absolute atomic E-state index is 12.9. The van der Waals surface area contributed by atoms with Gasteiger partial charge in [-0.2, -0.15) is 13.2 Å². The van der Waals surface area contributed by atoms with Gasteiger partial charge in [0.25, 0.3) is 0 Å². The standard InChI is InChI=1S/C11H13F3N2O2S/c1-18-4-5-19-7-2-3-8(10(15)16-17)9(6-7)11(12,13)14/h2-3,6,17H,4-5H2,1H3,(H2,15,16). The number of methoxy groups -OCH3 is 1. The van der Waals surface area contributed by atoms with Crippen molar-refractivity contribution in [3.05, 3.63) is 29.3 Å². The molecule has 0 saturated carbocycles. The van der Waals surface area contributed by atoms with Gasteiger partial charge >= 0.3 is 6.18 Å². The van der Waals surface area contributed by atoms with Crippen molar-refractivity contribution in [2.45, 2.75) is 11.1 Å². The molecule has 0 aliphatic carbocycles. The number of amidine groups is 1. The third-order valence-electron chi connectivity index (χ3n) is 2.24. The van der Waals surface area contributed by atoms with E-state index in [1.165, 1.54) is 31.0 Å². The van der Waals surface area contributed by atoms with Gasteiger partial charge < -0.3 is 15.7 Å². The molecule has 0 heterocycles. The molecule has 0 fully saturated rings. The average molecular weight is 294 g/mol. The highest BCUT2D eigenvalue weighted by Gasteiger charge is 2.34. The van der Waals surface area contributed by atoms with E-state index in [9.17, 15) is 13.2 Å². The highest BCUT2D eigenvalue weighted by Crippen LogP contribution is 2.34. The molecule has 0 aliphatic heterocycles. The predicted molar refractivity (Wildman–Crippen MR) is 66.6 cm³/mol. The molecule has 0 aliphatic rings. The van der Waals surface area contributed by atoms with Crippen molar-refractivity contribution in [3.8, 4) is 0 Å². The summed E-state index contributed by atoms with van der Waals surface area (Å²) in [6.45, 7) is 0.438. The van der Waals surface area contributed by atoms with Gasteiger partial charge in [0.2, 0.25) is 0 Å². The van der Waals surface area contributed by atoms with Crippen LogP contribution in [0.25, 0.3) is 0 Å². The van der Waals surface area contributed by atoms with Crippen molar-refractivity contribution < 1.29 is 23.1 Å². The van der Waals surface area contributed by atoms with Gasteiger partial charge in [-0.1, -0.05) is 5.16 Å². The van der Waals surface area contributed by atoms with E-state index in [4.69, 9.17) is 15.7 Å². The van der Waals surface area contributed by atoms with Gasteiger partial charge in [-0.3, -0.25) is 0 Å². The van der Waals surface area contributed by atoms with Crippen LogP contribution in [0.2, 0.25) is 0 Å². The lowest BCUT2D eigenvalue weighted by Gasteiger charge is -2.13. The molecule has 3 N–H and O–H groups in total. The summed E-state index contributed by atoms with van der Waals surface area (Å²) in [5, 5.41) is 11.1. The van der Waals surface area contributed by atoms with E-state index < -0.39 is 17.6 Å². The Balaban J connectivity index is 3.09. The molecule has 4 nitrogen and oxygen atoms in total. The molecule has 106 valence electrons. The fraction of sp³-hybridized carbons (Fsp3) is 0.364. The van der Waals surface area contributed by atoms with Gasteiger partial charge in [-0.25, -0.2) is 0 Å². The first-order chi connectivity index (χ1) is 8.90. The summed E-state index contributed by atoms with van der Waals surface area (Å²) >= 11 is 1.24. The second kappa shape index (κ2) is 6.67. The van der Waals surface area contributed by atoms with Crippen LogP contribution in [-0.2, 0) is 10.9 Å². The zero-order valence-corrected chi connectivity index (χ0v) is 10.9. The molecule has 1 aromatic rings. The van der Waals surface area contributed by atoms with Gasteiger partial charge in [-0.15, -0.1) is 11.8 Å². The summed E-state index contributed by atoms with van der Waals surface area (Å²) in [4.78, 5) is 0.443. The fourth-order valence-corrected chi connectivity index (χ4v) is 2.22. The Morgan fingerprint density at radius 3 is 2.68 bits per heavy atom. The van der Waals surface area contributed by atoms with Gasteiger partial charge in [0.1, 0.15) is 0 Å².